The lowest BCUT2D eigenvalue weighted by molar-refractivity contribution is -0.693. The molecule has 1 aliphatic rings. The molecule has 0 spiro atoms. The number of aromatic nitrogens is 2. The average Bonchev–Trinajstić information content (AvgIpc) is 3.22. The third-order valence-corrected chi connectivity index (χ3v) is 4.73. The Labute approximate surface area is 164 Å². The minimum atomic E-state index is -0.248. The van der Waals surface area contributed by atoms with Gasteiger partial charge in [-0.3, -0.25) is 4.99 Å². The molecule has 0 fully saturated rings. The van der Waals surface area contributed by atoms with Gasteiger partial charge in [-0.05, 0) is 49.7 Å². The molecular weight excluding hydrogens is 365 g/mol. The fourth-order valence-electron chi connectivity index (χ4n) is 3.44. The highest BCUT2D eigenvalue weighted by Gasteiger charge is 2.28. The first-order valence-corrected chi connectivity index (χ1v) is 8.79. The molecule has 6 heteroatoms. The minimum absolute atomic E-state index is 0. The molecule has 4 nitrogen and oxygen atoms in total. The lowest BCUT2D eigenvalue weighted by Crippen LogP contribution is -2.43. The smallest absolute Gasteiger partial charge is 0.257 e. The summed E-state index contributed by atoms with van der Waals surface area (Å²) in [4.78, 5) is 4.20. The number of aryl methyl sites for hydroxylation is 1. The van der Waals surface area contributed by atoms with Crippen LogP contribution < -0.4 is 9.67 Å². The van der Waals surface area contributed by atoms with Crippen LogP contribution in [0.25, 0.3) is 11.3 Å². The normalized spacial score (nSPS) is 13.3. The second-order valence-corrected chi connectivity index (χ2v) is 6.66. The first kappa shape index (κ1) is 19.1. The number of benzene rings is 2. The number of imidazole rings is 1. The third-order valence-electron chi connectivity index (χ3n) is 4.73. The van der Waals surface area contributed by atoms with E-state index < -0.39 is 0 Å². The maximum Gasteiger partial charge on any atom is 0.257 e. The lowest BCUT2D eigenvalue weighted by Gasteiger charge is -2.09. The van der Waals surface area contributed by atoms with Crippen molar-refractivity contribution in [3.05, 3.63) is 71.9 Å². The van der Waals surface area contributed by atoms with Crippen molar-refractivity contribution in [2.45, 2.75) is 32.9 Å². The summed E-state index contributed by atoms with van der Waals surface area (Å²) in [5, 5.41) is 12.4. The number of aliphatic imine (C=N–C) groups is 1. The molecule has 0 atom stereocenters. The molecule has 0 bridgehead atoms. The Morgan fingerprint density at radius 1 is 1.15 bits per heavy atom. The molecule has 140 valence electrons. The molecule has 0 saturated carbocycles. The quantitative estimate of drug-likeness (QED) is 0.386. The molecule has 27 heavy (non-hydrogen) atoms. The minimum Gasteiger partial charge on any atom is -0.859 e. The van der Waals surface area contributed by atoms with Crippen LogP contribution in [0.5, 0.6) is 0 Å². The van der Waals surface area contributed by atoms with E-state index in [-0.39, 0.29) is 30.7 Å². The number of hydrogen-bond donors (Lipinski definition) is 0. The number of fused-ring (bicyclic) bond motifs is 1. The van der Waals surface area contributed by atoms with Gasteiger partial charge in [0.25, 0.3) is 5.82 Å². The molecule has 1 aromatic heterocycles. The van der Waals surface area contributed by atoms with Crippen LogP contribution in [-0.4, -0.2) is 10.5 Å². The molecule has 1 aliphatic heterocycles. The zero-order valence-electron chi connectivity index (χ0n) is 15.1. The standard InChI is InChI=1S/C21H20FN3O.ClH/c1-15-4-10-18(11-5-15)23-20(26)14-24-13-19(25-12-2-3-21(24)25)16-6-8-17(22)9-7-16;/h4-11,13H,2-3,12,14H2,1H3;1H. The summed E-state index contributed by atoms with van der Waals surface area (Å²) in [6, 6.07) is 14.1. The third kappa shape index (κ3) is 4.03. The Morgan fingerprint density at radius 3 is 2.56 bits per heavy atom. The maximum absolute atomic E-state index is 13.2. The first-order chi connectivity index (χ1) is 12.6. The van der Waals surface area contributed by atoms with E-state index in [0.717, 1.165) is 42.0 Å². The summed E-state index contributed by atoms with van der Waals surface area (Å²) < 4.78 is 17.4. The van der Waals surface area contributed by atoms with Gasteiger partial charge in [0, 0.05) is 11.5 Å². The van der Waals surface area contributed by atoms with Crippen LogP contribution in [0.3, 0.4) is 0 Å². The van der Waals surface area contributed by atoms with Crippen molar-refractivity contribution in [1.82, 2.24) is 4.57 Å². The summed E-state index contributed by atoms with van der Waals surface area (Å²) in [6.45, 7) is 3.13. The van der Waals surface area contributed by atoms with E-state index in [1.807, 2.05) is 42.0 Å². The predicted octanol–water partition coefficient (Wildman–Crippen LogP) is 3.35. The first-order valence-electron chi connectivity index (χ1n) is 8.79. The summed E-state index contributed by atoms with van der Waals surface area (Å²) in [5.41, 5.74) is 3.78. The predicted molar refractivity (Wildman–Crippen MR) is 104 cm³/mol. The fourth-order valence-corrected chi connectivity index (χ4v) is 3.44. The van der Waals surface area contributed by atoms with Gasteiger partial charge >= 0.3 is 0 Å². The van der Waals surface area contributed by atoms with Gasteiger partial charge in [0.1, 0.15) is 18.6 Å². The molecule has 0 unspecified atom stereocenters. The number of halogens is 2. The summed E-state index contributed by atoms with van der Waals surface area (Å²) in [5.74, 6) is 0.698. The van der Waals surface area contributed by atoms with Crippen molar-refractivity contribution in [3.63, 3.8) is 0 Å². The van der Waals surface area contributed by atoms with Gasteiger partial charge in [-0.1, -0.05) is 17.7 Å². The fraction of sp³-hybridized carbons (Fsp3) is 0.238. The van der Waals surface area contributed by atoms with Crippen molar-refractivity contribution >= 4 is 24.0 Å². The van der Waals surface area contributed by atoms with Crippen LogP contribution in [0.2, 0.25) is 0 Å². The van der Waals surface area contributed by atoms with Crippen LogP contribution in [-0.2, 0) is 19.5 Å². The highest BCUT2D eigenvalue weighted by atomic mass is 35.5. The molecule has 0 N–H and O–H groups in total. The topological polar surface area (TPSA) is 44.2 Å². The van der Waals surface area contributed by atoms with Crippen molar-refractivity contribution in [1.29, 1.82) is 0 Å². The second-order valence-electron chi connectivity index (χ2n) is 6.66. The highest BCUT2D eigenvalue weighted by Crippen LogP contribution is 2.25. The van der Waals surface area contributed by atoms with Crippen LogP contribution in [0, 0.1) is 12.7 Å². The van der Waals surface area contributed by atoms with Gasteiger partial charge in [0.2, 0.25) is 0 Å². The van der Waals surface area contributed by atoms with E-state index in [2.05, 4.69) is 9.56 Å². The molecule has 0 amide bonds. The summed E-state index contributed by atoms with van der Waals surface area (Å²) in [6.07, 6.45) is 3.96. The molecule has 0 aliphatic carbocycles. The highest BCUT2D eigenvalue weighted by molar-refractivity contribution is 5.85. The number of rotatable bonds is 4. The van der Waals surface area contributed by atoms with Crippen molar-refractivity contribution in [2.24, 2.45) is 4.99 Å². The molecule has 2 heterocycles. The van der Waals surface area contributed by atoms with E-state index in [4.69, 9.17) is 0 Å². The van der Waals surface area contributed by atoms with Gasteiger partial charge < -0.3 is 5.11 Å². The Morgan fingerprint density at radius 2 is 1.85 bits per heavy atom. The zero-order valence-corrected chi connectivity index (χ0v) is 15.9. The summed E-state index contributed by atoms with van der Waals surface area (Å²) in [7, 11) is 0. The summed E-state index contributed by atoms with van der Waals surface area (Å²) >= 11 is 0. The number of hydrogen-bond acceptors (Lipinski definition) is 2. The molecule has 0 saturated heterocycles. The van der Waals surface area contributed by atoms with Gasteiger partial charge in [0.15, 0.2) is 5.69 Å². The Bertz CT molecular complexity index is 962. The zero-order chi connectivity index (χ0) is 18.1. The van der Waals surface area contributed by atoms with E-state index >= 15 is 0 Å². The van der Waals surface area contributed by atoms with Gasteiger partial charge in [-0.2, -0.15) is 0 Å². The second kappa shape index (κ2) is 7.92. The van der Waals surface area contributed by atoms with E-state index in [1.54, 1.807) is 12.1 Å². The van der Waals surface area contributed by atoms with E-state index in [9.17, 15) is 9.50 Å². The molecule has 2 aromatic carbocycles. The van der Waals surface area contributed by atoms with E-state index in [0.29, 0.717) is 5.69 Å². The Kier molecular flexibility index (Phi) is 5.61. The van der Waals surface area contributed by atoms with Crippen molar-refractivity contribution < 1.29 is 14.1 Å². The van der Waals surface area contributed by atoms with Crippen LogP contribution in [0.1, 0.15) is 17.8 Å². The van der Waals surface area contributed by atoms with Crippen molar-refractivity contribution in [3.8, 4) is 11.3 Å². The average molecular weight is 386 g/mol. The van der Waals surface area contributed by atoms with Gasteiger partial charge in [-0.25, -0.2) is 13.5 Å². The van der Waals surface area contributed by atoms with Crippen LogP contribution in [0.15, 0.2) is 59.7 Å². The maximum atomic E-state index is 13.2. The largest absolute Gasteiger partial charge is 0.859 e. The van der Waals surface area contributed by atoms with Crippen LogP contribution >= 0.6 is 12.4 Å². The Balaban J connectivity index is 0.00000210. The molecular formula is C21H21ClFN3O. The SMILES string of the molecule is Cc1ccc(N=C([O-])C[n+]2cc(-c3ccc(F)cc3)n3c2CCC3)cc1.Cl. The van der Waals surface area contributed by atoms with Crippen LogP contribution in [0.4, 0.5) is 10.1 Å². The lowest BCUT2D eigenvalue weighted by atomic mass is 10.1. The van der Waals surface area contributed by atoms with Crippen molar-refractivity contribution in [2.75, 3.05) is 0 Å². The molecule has 4 rings (SSSR count). The molecule has 3 aromatic rings. The number of nitrogens with zero attached hydrogens (tertiary/aromatic N) is 3. The van der Waals surface area contributed by atoms with E-state index in [1.165, 1.54) is 12.1 Å². The van der Waals surface area contributed by atoms with Gasteiger partial charge in [-0.15, -0.1) is 12.4 Å². The Hall–Kier alpha value is -2.66. The molecule has 0 radical (unpaired) electrons. The van der Waals surface area contributed by atoms with Gasteiger partial charge in [0.05, 0.1) is 18.7 Å². The monoisotopic (exact) mass is 385 g/mol.